The van der Waals surface area contributed by atoms with Crippen molar-refractivity contribution in [1.82, 2.24) is 0 Å². The lowest BCUT2D eigenvalue weighted by molar-refractivity contribution is -0.385. The molecule has 0 bridgehead atoms. The first-order valence-electron chi connectivity index (χ1n) is 4.99. The summed E-state index contributed by atoms with van der Waals surface area (Å²) in [5.74, 6) is -0.511. The fourth-order valence-corrected chi connectivity index (χ4v) is 1.31. The van der Waals surface area contributed by atoms with Crippen molar-refractivity contribution in [1.29, 1.82) is 0 Å². The van der Waals surface area contributed by atoms with E-state index in [1.807, 2.05) is 6.92 Å². The van der Waals surface area contributed by atoms with E-state index in [2.05, 4.69) is 0 Å². The summed E-state index contributed by atoms with van der Waals surface area (Å²) in [4.78, 5) is 21.7. The van der Waals surface area contributed by atoms with E-state index in [0.717, 1.165) is 6.42 Å². The van der Waals surface area contributed by atoms with Crippen LogP contribution in [-0.2, 0) is 4.74 Å². The molecule has 0 N–H and O–H groups in total. The maximum atomic E-state index is 11.6. The number of carbonyl (C=O) groups excluding carboxylic acids is 1. The standard InChI is InChI=1S/C11H13NO4/c1-3-7-16-11(13)9-5-4-6-10(8(9)2)12(14)15/h4-6H,3,7H2,1-2H3. The Morgan fingerprint density at radius 2 is 2.19 bits per heavy atom. The second-order valence-corrected chi connectivity index (χ2v) is 3.34. The number of nitro benzene ring substituents is 1. The second-order valence-electron chi connectivity index (χ2n) is 3.34. The minimum atomic E-state index is -0.511. The van der Waals surface area contributed by atoms with Crippen molar-refractivity contribution in [2.24, 2.45) is 0 Å². The summed E-state index contributed by atoms with van der Waals surface area (Å²) in [7, 11) is 0. The van der Waals surface area contributed by atoms with Gasteiger partial charge in [-0.3, -0.25) is 10.1 Å². The molecule has 0 radical (unpaired) electrons. The first-order valence-corrected chi connectivity index (χ1v) is 4.99. The number of esters is 1. The molecule has 1 rings (SSSR count). The molecule has 0 aliphatic carbocycles. The molecule has 0 aromatic heterocycles. The highest BCUT2D eigenvalue weighted by atomic mass is 16.6. The highest BCUT2D eigenvalue weighted by Crippen LogP contribution is 2.21. The predicted octanol–water partition coefficient (Wildman–Crippen LogP) is 2.47. The molecule has 5 nitrogen and oxygen atoms in total. The Balaban J connectivity index is 3.01. The Kier molecular flexibility index (Phi) is 3.99. The fourth-order valence-electron chi connectivity index (χ4n) is 1.31. The Morgan fingerprint density at radius 3 is 2.75 bits per heavy atom. The molecule has 0 heterocycles. The van der Waals surface area contributed by atoms with Gasteiger partial charge >= 0.3 is 5.97 Å². The molecular weight excluding hydrogens is 210 g/mol. The number of nitrogens with zero attached hydrogens (tertiary/aromatic N) is 1. The van der Waals surface area contributed by atoms with Crippen LogP contribution < -0.4 is 0 Å². The number of benzene rings is 1. The highest BCUT2D eigenvalue weighted by Gasteiger charge is 2.18. The van der Waals surface area contributed by atoms with Crippen molar-refractivity contribution >= 4 is 11.7 Å². The zero-order chi connectivity index (χ0) is 12.1. The van der Waals surface area contributed by atoms with E-state index in [1.165, 1.54) is 18.2 Å². The first kappa shape index (κ1) is 12.2. The third kappa shape index (κ3) is 2.56. The molecule has 86 valence electrons. The predicted molar refractivity (Wildman–Crippen MR) is 58.4 cm³/mol. The van der Waals surface area contributed by atoms with Crippen molar-refractivity contribution in [2.45, 2.75) is 20.3 Å². The summed E-state index contributed by atoms with van der Waals surface area (Å²) < 4.78 is 4.93. The smallest absolute Gasteiger partial charge is 0.338 e. The highest BCUT2D eigenvalue weighted by molar-refractivity contribution is 5.92. The van der Waals surface area contributed by atoms with E-state index in [0.29, 0.717) is 12.2 Å². The molecule has 0 aliphatic heterocycles. The van der Waals surface area contributed by atoms with Gasteiger partial charge in [0.05, 0.1) is 17.1 Å². The normalized spacial score (nSPS) is 9.88. The van der Waals surface area contributed by atoms with Gasteiger partial charge in [-0.2, -0.15) is 0 Å². The molecule has 16 heavy (non-hydrogen) atoms. The average molecular weight is 223 g/mol. The molecule has 1 aromatic carbocycles. The summed E-state index contributed by atoms with van der Waals surface area (Å²) in [6, 6.07) is 4.37. The van der Waals surface area contributed by atoms with Crippen LogP contribution in [0.2, 0.25) is 0 Å². The van der Waals surface area contributed by atoms with Crippen molar-refractivity contribution < 1.29 is 14.5 Å². The van der Waals surface area contributed by atoms with Gasteiger partial charge in [-0.25, -0.2) is 4.79 Å². The van der Waals surface area contributed by atoms with Gasteiger partial charge in [0, 0.05) is 11.6 Å². The number of rotatable bonds is 4. The molecule has 0 fully saturated rings. The van der Waals surface area contributed by atoms with Crippen LogP contribution in [0.25, 0.3) is 0 Å². The van der Waals surface area contributed by atoms with Crippen LogP contribution in [0.15, 0.2) is 18.2 Å². The fraction of sp³-hybridized carbons (Fsp3) is 0.364. The summed E-state index contributed by atoms with van der Waals surface area (Å²) in [6.45, 7) is 3.75. The Morgan fingerprint density at radius 1 is 1.50 bits per heavy atom. The van der Waals surface area contributed by atoms with Gasteiger partial charge in [0.15, 0.2) is 0 Å². The summed E-state index contributed by atoms with van der Waals surface area (Å²) in [5.41, 5.74) is 0.530. The van der Waals surface area contributed by atoms with E-state index in [9.17, 15) is 14.9 Å². The minimum Gasteiger partial charge on any atom is -0.462 e. The number of nitro groups is 1. The maximum Gasteiger partial charge on any atom is 0.338 e. The molecule has 0 atom stereocenters. The monoisotopic (exact) mass is 223 g/mol. The van der Waals surface area contributed by atoms with Crippen LogP contribution >= 0.6 is 0 Å². The van der Waals surface area contributed by atoms with Gasteiger partial charge in [0.1, 0.15) is 0 Å². The lowest BCUT2D eigenvalue weighted by Crippen LogP contribution is -2.08. The Bertz CT molecular complexity index is 414. The van der Waals surface area contributed by atoms with E-state index < -0.39 is 10.9 Å². The SMILES string of the molecule is CCCOC(=O)c1cccc([N+](=O)[O-])c1C. The first-order chi connectivity index (χ1) is 7.57. The van der Waals surface area contributed by atoms with Crippen molar-refractivity contribution in [3.63, 3.8) is 0 Å². The quantitative estimate of drug-likeness (QED) is 0.446. The van der Waals surface area contributed by atoms with E-state index in [-0.39, 0.29) is 11.3 Å². The van der Waals surface area contributed by atoms with Crippen molar-refractivity contribution in [2.75, 3.05) is 6.61 Å². The minimum absolute atomic E-state index is 0.0639. The third-order valence-corrected chi connectivity index (χ3v) is 2.16. The van der Waals surface area contributed by atoms with Gasteiger partial charge in [-0.05, 0) is 19.4 Å². The molecule has 1 aromatic rings. The largest absolute Gasteiger partial charge is 0.462 e. The second kappa shape index (κ2) is 5.25. The summed E-state index contributed by atoms with van der Waals surface area (Å²) >= 11 is 0. The Labute approximate surface area is 93.2 Å². The van der Waals surface area contributed by atoms with Crippen LogP contribution in [0, 0.1) is 17.0 Å². The van der Waals surface area contributed by atoms with Gasteiger partial charge in [0.25, 0.3) is 5.69 Å². The molecule has 0 amide bonds. The zero-order valence-corrected chi connectivity index (χ0v) is 9.23. The number of hydrogen-bond donors (Lipinski definition) is 0. The van der Waals surface area contributed by atoms with E-state index in [1.54, 1.807) is 6.92 Å². The molecule has 0 aliphatic rings. The van der Waals surface area contributed by atoms with Crippen LogP contribution in [0.5, 0.6) is 0 Å². The lowest BCUT2D eigenvalue weighted by Gasteiger charge is -2.05. The molecular formula is C11H13NO4. The van der Waals surface area contributed by atoms with E-state index >= 15 is 0 Å². The molecule has 5 heteroatoms. The summed E-state index contributed by atoms with van der Waals surface area (Å²) in [5, 5.41) is 10.7. The molecule has 0 saturated heterocycles. The topological polar surface area (TPSA) is 69.4 Å². The third-order valence-electron chi connectivity index (χ3n) is 2.16. The number of hydrogen-bond acceptors (Lipinski definition) is 4. The van der Waals surface area contributed by atoms with Crippen LogP contribution in [0.1, 0.15) is 29.3 Å². The number of ether oxygens (including phenoxy) is 1. The van der Waals surface area contributed by atoms with Crippen LogP contribution in [0.4, 0.5) is 5.69 Å². The van der Waals surface area contributed by atoms with Crippen molar-refractivity contribution in [3.05, 3.63) is 39.4 Å². The van der Waals surface area contributed by atoms with Gasteiger partial charge < -0.3 is 4.74 Å². The molecule has 0 unspecified atom stereocenters. The summed E-state index contributed by atoms with van der Waals surface area (Å²) in [6.07, 6.45) is 0.722. The Hall–Kier alpha value is -1.91. The maximum absolute atomic E-state index is 11.6. The lowest BCUT2D eigenvalue weighted by atomic mass is 10.1. The average Bonchev–Trinajstić information content (AvgIpc) is 2.25. The van der Waals surface area contributed by atoms with Crippen LogP contribution in [0.3, 0.4) is 0 Å². The molecule has 0 spiro atoms. The van der Waals surface area contributed by atoms with Gasteiger partial charge in [-0.1, -0.05) is 13.0 Å². The van der Waals surface area contributed by atoms with E-state index in [4.69, 9.17) is 4.74 Å². The zero-order valence-electron chi connectivity index (χ0n) is 9.23. The van der Waals surface area contributed by atoms with Crippen LogP contribution in [-0.4, -0.2) is 17.5 Å². The number of carbonyl (C=O) groups is 1. The van der Waals surface area contributed by atoms with Crippen molar-refractivity contribution in [3.8, 4) is 0 Å². The van der Waals surface area contributed by atoms with Gasteiger partial charge in [0.2, 0.25) is 0 Å². The van der Waals surface area contributed by atoms with Gasteiger partial charge in [-0.15, -0.1) is 0 Å². The molecule has 0 saturated carbocycles.